The van der Waals surface area contributed by atoms with Crippen molar-refractivity contribution in [3.8, 4) is 0 Å². The molecule has 2 heteroatoms. The number of hydrogen-bond acceptors (Lipinski definition) is 2. The molecule has 0 aromatic heterocycles. The minimum atomic E-state index is 0.738. The Balaban J connectivity index is 2.40. The van der Waals surface area contributed by atoms with Gasteiger partial charge in [0.2, 0.25) is 0 Å². The second-order valence-electron chi connectivity index (χ2n) is 6.05. The van der Waals surface area contributed by atoms with Crippen molar-refractivity contribution in [1.82, 2.24) is 10.2 Å². The molecule has 0 radical (unpaired) electrons. The lowest BCUT2D eigenvalue weighted by molar-refractivity contribution is 0.139. The third-order valence-corrected chi connectivity index (χ3v) is 3.98. The van der Waals surface area contributed by atoms with Gasteiger partial charge in [0.05, 0.1) is 0 Å². The smallest absolute Gasteiger partial charge is 0.0220 e. The lowest BCUT2D eigenvalue weighted by Gasteiger charge is -2.35. The van der Waals surface area contributed by atoms with Gasteiger partial charge < -0.3 is 5.32 Å². The molecule has 1 N–H and O–H groups in total. The number of nitrogens with one attached hydrogen (secondary N) is 1. The van der Waals surface area contributed by atoms with E-state index >= 15 is 0 Å². The van der Waals surface area contributed by atoms with Gasteiger partial charge in [-0.25, -0.2) is 0 Å². The van der Waals surface area contributed by atoms with Crippen LogP contribution < -0.4 is 5.32 Å². The zero-order valence-corrected chi connectivity index (χ0v) is 12.3. The predicted octanol–water partition coefficient (Wildman–Crippen LogP) is 3.28. The Bertz CT molecular complexity index is 191. The van der Waals surface area contributed by atoms with E-state index in [-0.39, 0.29) is 0 Å². The van der Waals surface area contributed by atoms with Gasteiger partial charge in [-0.2, -0.15) is 0 Å². The Morgan fingerprint density at radius 1 is 1.18 bits per heavy atom. The number of nitrogens with zero attached hydrogens (tertiary/aromatic N) is 1. The highest BCUT2D eigenvalue weighted by atomic mass is 15.2. The average Bonchev–Trinajstić information content (AvgIpc) is 2.49. The summed E-state index contributed by atoms with van der Waals surface area (Å²) in [4.78, 5) is 2.75. The molecule has 0 aromatic carbocycles. The molecule has 0 aromatic rings. The molecule has 1 aliphatic rings. The first-order chi connectivity index (χ1) is 8.15. The van der Waals surface area contributed by atoms with E-state index in [9.17, 15) is 0 Å². The van der Waals surface area contributed by atoms with Crippen LogP contribution in [0.5, 0.6) is 0 Å². The van der Waals surface area contributed by atoms with E-state index in [0.717, 1.165) is 24.5 Å². The lowest BCUT2D eigenvalue weighted by Crippen LogP contribution is -2.46. The predicted molar refractivity (Wildman–Crippen MR) is 76.4 cm³/mol. The number of hydrogen-bond donors (Lipinski definition) is 1. The maximum atomic E-state index is 3.63. The first kappa shape index (κ1) is 15.0. The topological polar surface area (TPSA) is 15.3 Å². The third kappa shape index (κ3) is 5.39. The molecular formula is C15H32N2. The summed E-state index contributed by atoms with van der Waals surface area (Å²) >= 11 is 0. The van der Waals surface area contributed by atoms with Gasteiger partial charge in [0.15, 0.2) is 0 Å². The molecule has 1 heterocycles. The quantitative estimate of drug-likeness (QED) is 0.766. The molecule has 1 fully saturated rings. The molecule has 0 bridgehead atoms. The van der Waals surface area contributed by atoms with Crippen molar-refractivity contribution < 1.29 is 0 Å². The van der Waals surface area contributed by atoms with Crippen molar-refractivity contribution in [3.05, 3.63) is 0 Å². The van der Waals surface area contributed by atoms with Gasteiger partial charge in [0.25, 0.3) is 0 Å². The SMILES string of the molecule is CCC(CNCC(C)C)N1CCCCCC1C. The fourth-order valence-electron chi connectivity index (χ4n) is 2.87. The standard InChI is InChI=1S/C15H32N2/c1-5-15(12-16-11-13(2)3)17-10-8-6-7-9-14(17)4/h13-16H,5-12H2,1-4H3. The monoisotopic (exact) mass is 240 g/mol. The summed E-state index contributed by atoms with van der Waals surface area (Å²) < 4.78 is 0. The molecule has 1 saturated heterocycles. The summed E-state index contributed by atoms with van der Waals surface area (Å²) in [6.07, 6.45) is 6.91. The molecular weight excluding hydrogens is 208 g/mol. The second kappa shape index (κ2) is 8.10. The van der Waals surface area contributed by atoms with Gasteiger partial charge in [-0.15, -0.1) is 0 Å². The van der Waals surface area contributed by atoms with E-state index in [2.05, 4.69) is 37.9 Å². The minimum Gasteiger partial charge on any atom is -0.315 e. The highest BCUT2D eigenvalue weighted by molar-refractivity contribution is 4.80. The Hall–Kier alpha value is -0.0800. The van der Waals surface area contributed by atoms with Crippen LogP contribution in [0, 0.1) is 5.92 Å². The molecule has 17 heavy (non-hydrogen) atoms. The summed E-state index contributed by atoms with van der Waals surface area (Å²) in [5.74, 6) is 0.758. The fraction of sp³-hybridized carbons (Fsp3) is 1.00. The molecule has 2 nitrogen and oxygen atoms in total. The van der Waals surface area contributed by atoms with Crippen LogP contribution in [0.25, 0.3) is 0 Å². The van der Waals surface area contributed by atoms with E-state index in [0.29, 0.717) is 0 Å². The average molecular weight is 240 g/mol. The van der Waals surface area contributed by atoms with E-state index in [1.807, 2.05) is 0 Å². The van der Waals surface area contributed by atoms with Crippen molar-refractivity contribution in [1.29, 1.82) is 0 Å². The molecule has 2 unspecified atom stereocenters. The molecule has 1 aliphatic heterocycles. The fourth-order valence-corrected chi connectivity index (χ4v) is 2.87. The van der Waals surface area contributed by atoms with Gasteiger partial charge in [-0.3, -0.25) is 4.90 Å². The Morgan fingerprint density at radius 2 is 1.94 bits per heavy atom. The zero-order chi connectivity index (χ0) is 12.7. The highest BCUT2D eigenvalue weighted by Gasteiger charge is 2.23. The first-order valence-electron chi connectivity index (χ1n) is 7.61. The van der Waals surface area contributed by atoms with E-state index in [1.165, 1.54) is 45.2 Å². The van der Waals surface area contributed by atoms with Gasteiger partial charge in [-0.05, 0) is 45.2 Å². The van der Waals surface area contributed by atoms with E-state index in [4.69, 9.17) is 0 Å². The summed E-state index contributed by atoms with van der Waals surface area (Å²) in [6.45, 7) is 12.9. The normalized spacial score (nSPS) is 24.9. The maximum absolute atomic E-state index is 3.63. The van der Waals surface area contributed by atoms with Crippen LogP contribution >= 0.6 is 0 Å². The first-order valence-corrected chi connectivity index (χ1v) is 7.61. The van der Waals surface area contributed by atoms with Crippen LogP contribution in [-0.2, 0) is 0 Å². The van der Waals surface area contributed by atoms with Crippen molar-refractivity contribution in [3.63, 3.8) is 0 Å². The zero-order valence-electron chi connectivity index (χ0n) is 12.3. The summed E-state index contributed by atoms with van der Waals surface area (Å²) in [7, 11) is 0. The third-order valence-electron chi connectivity index (χ3n) is 3.98. The van der Waals surface area contributed by atoms with Gasteiger partial charge in [0.1, 0.15) is 0 Å². The van der Waals surface area contributed by atoms with Crippen molar-refractivity contribution >= 4 is 0 Å². The van der Waals surface area contributed by atoms with Crippen molar-refractivity contribution in [2.45, 2.75) is 71.9 Å². The van der Waals surface area contributed by atoms with Crippen LogP contribution in [0.15, 0.2) is 0 Å². The van der Waals surface area contributed by atoms with Gasteiger partial charge in [0, 0.05) is 18.6 Å². The Kier molecular flexibility index (Phi) is 7.14. The second-order valence-corrected chi connectivity index (χ2v) is 6.05. The maximum Gasteiger partial charge on any atom is 0.0220 e. The molecule has 2 atom stereocenters. The van der Waals surface area contributed by atoms with Gasteiger partial charge in [-0.1, -0.05) is 33.6 Å². The van der Waals surface area contributed by atoms with Crippen LogP contribution in [0.3, 0.4) is 0 Å². The Labute approximate surface area is 108 Å². The molecule has 0 saturated carbocycles. The van der Waals surface area contributed by atoms with Crippen LogP contribution in [0.1, 0.15) is 59.8 Å². The summed E-state index contributed by atoms with van der Waals surface area (Å²) in [5.41, 5.74) is 0. The number of rotatable bonds is 6. The molecule has 0 aliphatic carbocycles. The van der Waals surface area contributed by atoms with Crippen LogP contribution in [-0.4, -0.2) is 36.6 Å². The minimum absolute atomic E-state index is 0.738. The van der Waals surface area contributed by atoms with E-state index < -0.39 is 0 Å². The Morgan fingerprint density at radius 3 is 2.59 bits per heavy atom. The summed E-state index contributed by atoms with van der Waals surface area (Å²) in [5, 5.41) is 3.63. The van der Waals surface area contributed by atoms with Gasteiger partial charge >= 0.3 is 0 Å². The molecule has 0 amide bonds. The van der Waals surface area contributed by atoms with Crippen molar-refractivity contribution in [2.75, 3.05) is 19.6 Å². The molecule has 102 valence electrons. The van der Waals surface area contributed by atoms with E-state index in [1.54, 1.807) is 0 Å². The van der Waals surface area contributed by atoms with Crippen LogP contribution in [0.4, 0.5) is 0 Å². The highest BCUT2D eigenvalue weighted by Crippen LogP contribution is 2.19. The molecule has 1 rings (SSSR count). The summed E-state index contributed by atoms with van der Waals surface area (Å²) in [6, 6.07) is 1.52. The van der Waals surface area contributed by atoms with Crippen LogP contribution in [0.2, 0.25) is 0 Å². The lowest BCUT2D eigenvalue weighted by atomic mass is 10.1. The number of likely N-dealkylation sites (tertiary alicyclic amines) is 1. The molecule has 0 spiro atoms. The largest absolute Gasteiger partial charge is 0.315 e. The van der Waals surface area contributed by atoms with Crippen molar-refractivity contribution in [2.24, 2.45) is 5.92 Å².